The highest BCUT2D eigenvalue weighted by Crippen LogP contribution is 2.60. The number of ether oxygens (including phenoxy) is 1. The molecular weight excluding hydrogens is 581 g/mol. The Morgan fingerprint density at radius 3 is 1.67 bits per heavy atom. The van der Waals surface area contributed by atoms with Gasteiger partial charge in [0.15, 0.2) is 0 Å². The lowest BCUT2D eigenvalue weighted by atomic mass is 9.90. The fourth-order valence-electron chi connectivity index (χ4n) is 3.09. The molecule has 0 saturated carbocycles. The Morgan fingerprint density at radius 1 is 0.564 bits per heavy atom. The summed E-state index contributed by atoms with van der Waals surface area (Å²) >= 11 is 0. The second kappa shape index (κ2) is 9.88. The van der Waals surface area contributed by atoms with Gasteiger partial charge in [-0.3, -0.25) is 0 Å². The van der Waals surface area contributed by atoms with E-state index < -0.39 is 68.0 Å². The van der Waals surface area contributed by atoms with Gasteiger partial charge < -0.3 is 8.92 Å². The molecule has 0 amide bonds. The van der Waals surface area contributed by atoms with Crippen LogP contribution in [0.4, 0.5) is 48.3 Å². The van der Waals surface area contributed by atoms with Crippen LogP contribution in [-0.2, 0) is 22.0 Å². The summed E-state index contributed by atoms with van der Waals surface area (Å²) in [5.41, 5.74) is -10.2. The zero-order valence-corrected chi connectivity index (χ0v) is 19.5. The largest absolute Gasteiger partial charge is 0.534 e. The second-order valence-corrected chi connectivity index (χ2v) is 9.26. The van der Waals surface area contributed by atoms with Crippen molar-refractivity contribution < 1.29 is 65.6 Å². The number of rotatable bonds is 9. The van der Waals surface area contributed by atoms with Gasteiger partial charge in [-0.2, -0.15) is 56.7 Å². The first-order valence-electron chi connectivity index (χ1n) is 10.2. The highest BCUT2D eigenvalue weighted by atomic mass is 32.2. The number of hydrogen-bond acceptors (Lipinski definition) is 4. The average molecular weight is 594 g/mol. The van der Waals surface area contributed by atoms with Crippen LogP contribution in [-0.4, -0.2) is 25.8 Å². The average Bonchev–Trinajstić information content (AvgIpc) is 2.84. The van der Waals surface area contributed by atoms with E-state index in [9.17, 15) is 56.7 Å². The molecule has 0 heterocycles. The first kappa shape index (κ1) is 30.0. The molecule has 0 N–H and O–H groups in total. The standard InChI is InChI=1S/C23H13F11O4S/c24-19(25,14-7-6-10-16(13-14)38-39(35,36)23(32,33)34)21(28,29)22(30,31)20(26,27)17-11-4-5-12-18(17)37-15-8-2-1-3-9-15/h1-13H. The highest BCUT2D eigenvalue weighted by molar-refractivity contribution is 7.88. The van der Waals surface area contributed by atoms with Crippen LogP contribution in [0, 0.1) is 0 Å². The van der Waals surface area contributed by atoms with Gasteiger partial charge in [-0.15, -0.1) is 0 Å². The Bertz CT molecular complexity index is 1420. The minimum Gasteiger partial charge on any atom is -0.457 e. The van der Waals surface area contributed by atoms with Gasteiger partial charge in [0, 0.05) is 5.56 Å². The third-order valence-electron chi connectivity index (χ3n) is 5.07. The Labute approximate surface area is 212 Å². The highest BCUT2D eigenvalue weighted by Gasteiger charge is 2.81. The topological polar surface area (TPSA) is 52.6 Å². The molecule has 0 spiro atoms. The molecule has 0 aromatic heterocycles. The maximum atomic E-state index is 15.0. The summed E-state index contributed by atoms with van der Waals surface area (Å²) in [5.74, 6) is -28.9. The molecule has 39 heavy (non-hydrogen) atoms. The second-order valence-electron chi connectivity index (χ2n) is 7.72. The van der Waals surface area contributed by atoms with Crippen molar-refractivity contribution in [3.63, 3.8) is 0 Å². The summed E-state index contributed by atoms with van der Waals surface area (Å²) in [6.07, 6.45) is 0. The van der Waals surface area contributed by atoms with Crippen LogP contribution >= 0.6 is 0 Å². The molecule has 0 saturated heterocycles. The number of alkyl halides is 11. The molecule has 0 atom stereocenters. The molecule has 0 aliphatic heterocycles. The normalized spacial score (nSPS) is 13.7. The van der Waals surface area contributed by atoms with Crippen molar-refractivity contribution in [2.75, 3.05) is 0 Å². The Balaban J connectivity index is 2.04. The van der Waals surface area contributed by atoms with Crippen LogP contribution in [0.1, 0.15) is 11.1 Å². The lowest BCUT2D eigenvalue weighted by Crippen LogP contribution is -2.59. The summed E-state index contributed by atoms with van der Waals surface area (Å²) in [6.45, 7) is 0. The molecule has 212 valence electrons. The number of hydrogen-bond donors (Lipinski definition) is 0. The smallest absolute Gasteiger partial charge is 0.457 e. The Morgan fingerprint density at radius 2 is 1.08 bits per heavy atom. The summed E-state index contributed by atoms with van der Waals surface area (Å²) in [6, 6.07) is 9.38. The number of para-hydroxylation sites is 2. The quantitative estimate of drug-likeness (QED) is 0.144. The first-order valence-corrected chi connectivity index (χ1v) is 11.6. The van der Waals surface area contributed by atoms with Crippen LogP contribution < -0.4 is 8.92 Å². The molecule has 3 aromatic rings. The van der Waals surface area contributed by atoms with Crippen molar-refractivity contribution in [2.24, 2.45) is 0 Å². The van der Waals surface area contributed by atoms with Crippen molar-refractivity contribution in [1.29, 1.82) is 0 Å². The van der Waals surface area contributed by atoms with Gasteiger partial charge in [-0.05, 0) is 36.4 Å². The van der Waals surface area contributed by atoms with Crippen LogP contribution in [0.3, 0.4) is 0 Å². The van der Waals surface area contributed by atoms with Gasteiger partial charge in [0.2, 0.25) is 0 Å². The van der Waals surface area contributed by atoms with E-state index >= 15 is 0 Å². The van der Waals surface area contributed by atoms with E-state index in [2.05, 4.69) is 4.18 Å². The van der Waals surface area contributed by atoms with Gasteiger partial charge in [0.1, 0.15) is 17.2 Å². The van der Waals surface area contributed by atoms with Crippen molar-refractivity contribution in [1.82, 2.24) is 0 Å². The van der Waals surface area contributed by atoms with E-state index in [4.69, 9.17) is 4.74 Å². The fourth-order valence-corrected chi connectivity index (χ4v) is 3.54. The van der Waals surface area contributed by atoms with Crippen molar-refractivity contribution in [3.05, 3.63) is 90.0 Å². The van der Waals surface area contributed by atoms with Crippen LogP contribution in [0.5, 0.6) is 17.2 Å². The predicted octanol–water partition coefficient (Wildman–Crippen LogP) is 7.86. The van der Waals surface area contributed by atoms with E-state index in [1.54, 1.807) is 0 Å². The lowest BCUT2D eigenvalue weighted by Gasteiger charge is -2.37. The van der Waals surface area contributed by atoms with E-state index in [1.807, 2.05) is 0 Å². The Kier molecular flexibility index (Phi) is 7.60. The van der Waals surface area contributed by atoms with E-state index in [0.717, 1.165) is 12.1 Å². The van der Waals surface area contributed by atoms with Gasteiger partial charge in [-0.25, -0.2) is 0 Å². The molecular formula is C23H13F11O4S. The van der Waals surface area contributed by atoms with E-state index in [-0.39, 0.29) is 23.9 Å². The summed E-state index contributed by atoms with van der Waals surface area (Å²) in [4.78, 5) is 0. The van der Waals surface area contributed by atoms with Gasteiger partial charge >= 0.3 is 39.3 Å². The molecule has 3 rings (SSSR count). The monoisotopic (exact) mass is 594 g/mol. The van der Waals surface area contributed by atoms with Crippen LogP contribution in [0.15, 0.2) is 78.9 Å². The summed E-state index contributed by atoms with van der Waals surface area (Å²) < 4.78 is 187. The third kappa shape index (κ3) is 5.33. The first-order chi connectivity index (χ1) is 17.8. The predicted molar refractivity (Wildman–Crippen MR) is 113 cm³/mol. The Hall–Kier alpha value is -3.56. The van der Waals surface area contributed by atoms with Gasteiger partial charge in [0.25, 0.3) is 0 Å². The number of halogens is 11. The van der Waals surface area contributed by atoms with Crippen LogP contribution in [0.2, 0.25) is 0 Å². The number of benzene rings is 3. The fraction of sp³-hybridized carbons (Fsp3) is 0.217. The lowest BCUT2D eigenvalue weighted by molar-refractivity contribution is -0.374. The minimum absolute atomic E-state index is 0.0261. The molecule has 0 aliphatic rings. The zero-order chi connectivity index (χ0) is 29.5. The molecule has 0 fully saturated rings. The molecule has 4 nitrogen and oxygen atoms in total. The van der Waals surface area contributed by atoms with E-state index in [1.165, 1.54) is 30.3 Å². The molecule has 0 unspecified atom stereocenters. The maximum absolute atomic E-state index is 15.0. The van der Waals surface area contributed by atoms with Gasteiger partial charge in [-0.1, -0.05) is 42.5 Å². The van der Waals surface area contributed by atoms with Crippen LogP contribution in [0.25, 0.3) is 0 Å². The van der Waals surface area contributed by atoms with Crippen molar-refractivity contribution in [2.45, 2.75) is 29.2 Å². The summed E-state index contributed by atoms with van der Waals surface area (Å²) in [7, 11) is -6.48. The minimum atomic E-state index is -6.91. The molecule has 3 aromatic carbocycles. The van der Waals surface area contributed by atoms with Crippen molar-refractivity contribution >= 4 is 10.1 Å². The molecule has 0 aliphatic carbocycles. The molecule has 16 heteroatoms. The van der Waals surface area contributed by atoms with Crippen molar-refractivity contribution in [3.8, 4) is 17.2 Å². The third-order valence-corrected chi connectivity index (χ3v) is 6.04. The molecule has 0 bridgehead atoms. The molecule has 0 radical (unpaired) electrons. The van der Waals surface area contributed by atoms with E-state index in [0.29, 0.717) is 12.1 Å². The maximum Gasteiger partial charge on any atom is 0.534 e. The summed E-state index contributed by atoms with van der Waals surface area (Å²) in [5, 5.41) is 0. The SMILES string of the molecule is O=S(=O)(Oc1cccc(C(F)(F)C(F)(F)C(F)(F)C(F)(F)c2ccccc2Oc2ccccc2)c1)C(F)(F)F. The van der Waals surface area contributed by atoms with Gasteiger partial charge in [0.05, 0.1) is 5.56 Å². The zero-order valence-electron chi connectivity index (χ0n) is 18.7.